The molecule has 0 aliphatic heterocycles. The number of hydrogen-bond donors (Lipinski definition) is 1. The van der Waals surface area contributed by atoms with Gasteiger partial charge >= 0.3 is 6.18 Å². The van der Waals surface area contributed by atoms with Crippen LogP contribution in [0.5, 0.6) is 5.75 Å². The summed E-state index contributed by atoms with van der Waals surface area (Å²) in [6, 6.07) is 4.04. The molecule has 1 aromatic rings. The first-order valence-corrected chi connectivity index (χ1v) is 6.07. The van der Waals surface area contributed by atoms with Gasteiger partial charge in [-0.3, -0.25) is 4.79 Å². The Labute approximate surface area is 119 Å². The van der Waals surface area contributed by atoms with Gasteiger partial charge in [-0.2, -0.15) is 13.2 Å². The predicted octanol–water partition coefficient (Wildman–Crippen LogP) is 2.99. The normalized spacial score (nSPS) is 15.4. The van der Waals surface area contributed by atoms with Gasteiger partial charge in [0.25, 0.3) is 0 Å². The Bertz CT molecular complexity index is 525. The van der Waals surface area contributed by atoms with E-state index in [1.54, 1.807) is 0 Å². The van der Waals surface area contributed by atoms with Crippen molar-refractivity contribution in [3.05, 3.63) is 29.6 Å². The van der Waals surface area contributed by atoms with Crippen LogP contribution < -0.4 is 4.74 Å². The summed E-state index contributed by atoms with van der Waals surface area (Å²) < 4.78 is 57.3. The molecule has 0 aliphatic rings. The van der Waals surface area contributed by atoms with Crippen molar-refractivity contribution in [2.75, 3.05) is 7.11 Å². The van der Waals surface area contributed by atoms with E-state index in [1.165, 1.54) is 39.2 Å². The van der Waals surface area contributed by atoms with E-state index < -0.39 is 35.7 Å². The van der Waals surface area contributed by atoms with Crippen LogP contribution in [0.2, 0.25) is 0 Å². The van der Waals surface area contributed by atoms with Crippen molar-refractivity contribution in [1.82, 2.24) is 0 Å². The van der Waals surface area contributed by atoms with Crippen molar-refractivity contribution in [2.24, 2.45) is 0 Å². The summed E-state index contributed by atoms with van der Waals surface area (Å²) in [5, 5.41) is 9.52. The number of methoxy groups -OCH3 is 1. The summed E-state index contributed by atoms with van der Waals surface area (Å²) in [5.41, 5.74) is -5.05. The van der Waals surface area contributed by atoms with Crippen molar-refractivity contribution in [1.29, 1.82) is 0 Å². The molecule has 0 radical (unpaired) electrons. The van der Waals surface area contributed by atoms with E-state index in [4.69, 9.17) is 4.74 Å². The molecule has 0 saturated heterocycles. The molecule has 0 fully saturated rings. The second kappa shape index (κ2) is 5.63. The number of carbonyl (C=O) groups is 1. The molecule has 0 bridgehead atoms. The third kappa shape index (κ3) is 3.34. The van der Waals surface area contributed by atoms with E-state index in [0.29, 0.717) is 0 Å². The summed E-state index contributed by atoms with van der Waals surface area (Å²) >= 11 is 0. The molecule has 1 rings (SSSR count). The summed E-state index contributed by atoms with van der Waals surface area (Å²) in [5.74, 6) is -0.942. The highest BCUT2D eigenvalue weighted by molar-refractivity contribution is 5.64. The average molecular weight is 308 g/mol. The minimum atomic E-state index is -5.14. The number of aldehydes is 1. The highest BCUT2D eigenvalue weighted by atomic mass is 19.4. The van der Waals surface area contributed by atoms with Crippen LogP contribution >= 0.6 is 0 Å². The summed E-state index contributed by atoms with van der Waals surface area (Å²) in [6.07, 6.45) is -6.70. The molecule has 0 saturated carbocycles. The van der Waals surface area contributed by atoms with Gasteiger partial charge in [-0.15, -0.1) is 0 Å². The number of rotatable bonds is 5. The van der Waals surface area contributed by atoms with Gasteiger partial charge in [0.15, 0.2) is 17.9 Å². The maximum Gasteiger partial charge on any atom is 0.424 e. The van der Waals surface area contributed by atoms with Crippen molar-refractivity contribution < 1.29 is 32.2 Å². The van der Waals surface area contributed by atoms with Gasteiger partial charge in [-0.1, -0.05) is 26.0 Å². The zero-order valence-corrected chi connectivity index (χ0v) is 11.8. The van der Waals surface area contributed by atoms with Crippen molar-refractivity contribution in [2.45, 2.75) is 37.5 Å². The molecule has 1 aromatic carbocycles. The number of carbonyl (C=O) groups excluding carboxylic acids is 1. The van der Waals surface area contributed by atoms with Crippen LogP contribution in [0.1, 0.15) is 25.8 Å². The first kappa shape index (κ1) is 17.4. The highest BCUT2D eigenvalue weighted by Gasteiger charge is 2.56. The molecular formula is C14H16F4O3. The molecule has 0 aliphatic carbocycles. The fourth-order valence-electron chi connectivity index (χ4n) is 2.17. The number of ether oxygens (including phenoxy) is 1. The Balaban J connectivity index is 3.26. The molecule has 7 heteroatoms. The van der Waals surface area contributed by atoms with Crippen LogP contribution in [-0.2, 0) is 10.2 Å². The predicted molar refractivity (Wildman–Crippen MR) is 67.7 cm³/mol. The third-order valence-corrected chi connectivity index (χ3v) is 3.31. The van der Waals surface area contributed by atoms with E-state index in [9.17, 15) is 27.5 Å². The number of aliphatic hydroxyl groups is 1. The van der Waals surface area contributed by atoms with Crippen LogP contribution in [0.3, 0.4) is 0 Å². The zero-order chi connectivity index (χ0) is 16.5. The summed E-state index contributed by atoms with van der Waals surface area (Å²) in [7, 11) is 1.23. The minimum Gasteiger partial charge on any atom is -0.494 e. The molecule has 21 heavy (non-hydrogen) atoms. The quantitative estimate of drug-likeness (QED) is 0.672. The average Bonchev–Trinajstić information content (AvgIpc) is 2.36. The van der Waals surface area contributed by atoms with E-state index in [2.05, 4.69) is 0 Å². The number of alkyl halides is 3. The topological polar surface area (TPSA) is 46.5 Å². The van der Waals surface area contributed by atoms with Gasteiger partial charge in [0, 0.05) is 6.42 Å². The van der Waals surface area contributed by atoms with Crippen molar-refractivity contribution in [3.8, 4) is 5.75 Å². The molecule has 0 aromatic heterocycles. The van der Waals surface area contributed by atoms with Gasteiger partial charge in [0.1, 0.15) is 0 Å². The largest absolute Gasteiger partial charge is 0.494 e. The summed E-state index contributed by atoms with van der Waals surface area (Å²) in [4.78, 5) is 10.7. The molecule has 1 atom stereocenters. The van der Waals surface area contributed by atoms with Crippen molar-refractivity contribution in [3.63, 3.8) is 0 Å². The Morgan fingerprint density at radius 3 is 2.29 bits per heavy atom. The second-order valence-corrected chi connectivity index (χ2v) is 5.42. The van der Waals surface area contributed by atoms with Crippen LogP contribution in [0.25, 0.3) is 0 Å². The molecule has 1 N–H and O–H groups in total. The fourth-order valence-corrected chi connectivity index (χ4v) is 2.17. The lowest BCUT2D eigenvalue weighted by atomic mass is 9.75. The van der Waals surface area contributed by atoms with Gasteiger partial charge < -0.3 is 9.84 Å². The monoisotopic (exact) mass is 308 g/mol. The van der Waals surface area contributed by atoms with E-state index >= 15 is 0 Å². The van der Waals surface area contributed by atoms with Crippen LogP contribution in [0.15, 0.2) is 18.2 Å². The summed E-state index contributed by atoms with van der Waals surface area (Å²) in [6.45, 7) is 2.62. The molecule has 0 heterocycles. The first-order chi connectivity index (χ1) is 9.48. The van der Waals surface area contributed by atoms with Crippen LogP contribution in [0.4, 0.5) is 17.6 Å². The molecule has 3 nitrogen and oxygen atoms in total. The van der Waals surface area contributed by atoms with Gasteiger partial charge in [0.05, 0.1) is 7.11 Å². The Morgan fingerprint density at radius 2 is 1.86 bits per heavy atom. The van der Waals surface area contributed by atoms with Crippen LogP contribution in [0, 0.1) is 5.82 Å². The number of benzene rings is 1. The lowest BCUT2D eigenvalue weighted by Gasteiger charge is -2.34. The number of halogens is 4. The van der Waals surface area contributed by atoms with Gasteiger partial charge in [-0.25, -0.2) is 4.39 Å². The molecule has 0 amide bonds. The van der Waals surface area contributed by atoms with Gasteiger partial charge in [-0.05, 0) is 17.0 Å². The third-order valence-electron chi connectivity index (χ3n) is 3.31. The van der Waals surface area contributed by atoms with Gasteiger partial charge in [0.2, 0.25) is 5.60 Å². The van der Waals surface area contributed by atoms with E-state index in [1.807, 2.05) is 0 Å². The smallest absolute Gasteiger partial charge is 0.424 e. The fraction of sp³-hybridized carbons (Fsp3) is 0.500. The van der Waals surface area contributed by atoms with Crippen molar-refractivity contribution >= 4 is 6.29 Å². The standard InChI is InChI=1S/C14H16F4O3/c1-12(2,7-13(20,8-19)14(16,17)18)9-5-4-6-10(21-3)11(9)15/h4-6,8,20H,7H2,1-3H3. The second-order valence-electron chi connectivity index (χ2n) is 5.42. The maximum absolute atomic E-state index is 14.2. The molecule has 0 spiro atoms. The lowest BCUT2D eigenvalue weighted by molar-refractivity contribution is -0.250. The Hall–Kier alpha value is -1.63. The zero-order valence-electron chi connectivity index (χ0n) is 11.8. The molecule has 118 valence electrons. The SMILES string of the molecule is COc1cccc(C(C)(C)CC(O)(C=O)C(F)(F)F)c1F. The maximum atomic E-state index is 14.2. The minimum absolute atomic E-state index is 0.0774. The van der Waals surface area contributed by atoms with E-state index in [0.717, 1.165) is 0 Å². The first-order valence-electron chi connectivity index (χ1n) is 6.07. The molecule has 1 unspecified atom stereocenters. The highest BCUT2D eigenvalue weighted by Crippen LogP contribution is 2.41. The lowest BCUT2D eigenvalue weighted by Crippen LogP contribution is -2.50. The van der Waals surface area contributed by atoms with Crippen LogP contribution in [-0.4, -0.2) is 30.3 Å². The Morgan fingerprint density at radius 1 is 1.29 bits per heavy atom. The van der Waals surface area contributed by atoms with E-state index in [-0.39, 0.29) is 11.3 Å². The number of hydrogen-bond acceptors (Lipinski definition) is 3. The Kier molecular flexibility index (Phi) is 4.67. The molecular weight excluding hydrogens is 292 g/mol.